The Kier molecular flexibility index (Phi) is 5.95. The van der Waals surface area contributed by atoms with E-state index >= 15 is 0 Å². The van der Waals surface area contributed by atoms with Crippen molar-refractivity contribution in [2.24, 2.45) is 0 Å². The first-order chi connectivity index (χ1) is 10.6. The van der Waals surface area contributed by atoms with Gasteiger partial charge in [0.15, 0.2) is 0 Å². The number of amides is 1. The number of carbonyl (C=O) groups excluding carboxylic acids is 1. The summed E-state index contributed by atoms with van der Waals surface area (Å²) < 4.78 is 5.05. The Labute approximate surface area is 134 Å². The summed E-state index contributed by atoms with van der Waals surface area (Å²) >= 11 is 6.02. The van der Waals surface area contributed by atoms with Crippen LogP contribution in [-0.2, 0) is 11.3 Å². The molecule has 0 aliphatic rings. The number of carbonyl (C=O) groups is 1. The van der Waals surface area contributed by atoms with Gasteiger partial charge in [-0.05, 0) is 23.8 Å². The third kappa shape index (κ3) is 4.31. The molecule has 0 heterocycles. The Balaban J connectivity index is 1.98. The van der Waals surface area contributed by atoms with Crippen LogP contribution < -0.4 is 5.32 Å². The van der Waals surface area contributed by atoms with Gasteiger partial charge in [-0.1, -0.05) is 41.9 Å². The van der Waals surface area contributed by atoms with Gasteiger partial charge in [0.05, 0.1) is 12.7 Å². The monoisotopic (exact) mass is 319 g/mol. The quantitative estimate of drug-likeness (QED) is 0.860. The lowest BCUT2D eigenvalue weighted by atomic mass is 10.1. The van der Waals surface area contributed by atoms with Gasteiger partial charge in [0.25, 0.3) is 5.91 Å². The molecule has 1 amide bonds. The molecule has 116 valence electrons. The predicted molar refractivity (Wildman–Crippen MR) is 85.9 cm³/mol. The van der Waals surface area contributed by atoms with Gasteiger partial charge in [-0.25, -0.2) is 0 Å². The molecule has 0 radical (unpaired) electrons. The minimum atomic E-state index is -0.847. The highest BCUT2D eigenvalue weighted by atomic mass is 35.5. The standard InChI is InChI=1S/C17H18ClNO3/c1-22-11-12-5-4-6-13(9-12)17(21)19-10-16(20)14-7-2-3-8-15(14)18/h2-9,16,20H,10-11H2,1H3,(H,19,21). The molecular formula is C17H18ClNO3. The molecule has 0 aliphatic heterocycles. The molecule has 0 aromatic heterocycles. The van der Waals surface area contributed by atoms with Gasteiger partial charge in [0.1, 0.15) is 0 Å². The van der Waals surface area contributed by atoms with E-state index in [4.69, 9.17) is 16.3 Å². The third-order valence-electron chi connectivity index (χ3n) is 3.22. The van der Waals surface area contributed by atoms with Crippen LogP contribution in [0.5, 0.6) is 0 Å². The molecule has 4 nitrogen and oxygen atoms in total. The van der Waals surface area contributed by atoms with Gasteiger partial charge < -0.3 is 15.2 Å². The Hall–Kier alpha value is -1.88. The van der Waals surface area contributed by atoms with Gasteiger partial charge in [0.2, 0.25) is 0 Å². The number of halogens is 1. The summed E-state index contributed by atoms with van der Waals surface area (Å²) in [5, 5.41) is 13.3. The summed E-state index contributed by atoms with van der Waals surface area (Å²) in [5.74, 6) is -0.246. The Morgan fingerprint density at radius 1 is 1.27 bits per heavy atom. The second kappa shape index (κ2) is 7.94. The van der Waals surface area contributed by atoms with E-state index in [9.17, 15) is 9.90 Å². The van der Waals surface area contributed by atoms with Crippen LogP contribution in [0.3, 0.4) is 0 Å². The molecule has 22 heavy (non-hydrogen) atoms. The molecule has 0 spiro atoms. The van der Waals surface area contributed by atoms with Crippen molar-refractivity contribution in [3.8, 4) is 0 Å². The van der Waals surface area contributed by atoms with Gasteiger partial charge >= 0.3 is 0 Å². The summed E-state index contributed by atoms with van der Waals surface area (Å²) in [6, 6.07) is 14.2. The fourth-order valence-electron chi connectivity index (χ4n) is 2.12. The highest BCUT2D eigenvalue weighted by molar-refractivity contribution is 6.31. The number of hydrogen-bond donors (Lipinski definition) is 2. The largest absolute Gasteiger partial charge is 0.387 e. The van der Waals surface area contributed by atoms with Crippen molar-refractivity contribution >= 4 is 17.5 Å². The summed E-state index contributed by atoms with van der Waals surface area (Å²) in [7, 11) is 1.60. The van der Waals surface area contributed by atoms with Crippen LogP contribution in [0.1, 0.15) is 27.6 Å². The number of ether oxygens (including phenoxy) is 1. The van der Waals surface area contributed by atoms with Crippen LogP contribution in [0.4, 0.5) is 0 Å². The van der Waals surface area contributed by atoms with Gasteiger partial charge in [-0.15, -0.1) is 0 Å². The maximum absolute atomic E-state index is 12.1. The first-order valence-electron chi connectivity index (χ1n) is 6.90. The highest BCUT2D eigenvalue weighted by Crippen LogP contribution is 2.21. The molecule has 5 heteroatoms. The summed E-state index contributed by atoms with van der Waals surface area (Å²) in [6.45, 7) is 0.542. The Bertz CT molecular complexity index is 645. The molecule has 0 bridgehead atoms. The molecule has 2 N–H and O–H groups in total. The molecule has 0 fully saturated rings. The molecule has 0 saturated heterocycles. The fraction of sp³-hybridized carbons (Fsp3) is 0.235. The Morgan fingerprint density at radius 3 is 2.77 bits per heavy atom. The van der Waals surface area contributed by atoms with Crippen molar-refractivity contribution in [1.29, 1.82) is 0 Å². The van der Waals surface area contributed by atoms with Crippen LogP contribution >= 0.6 is 11.6 Å². The van der Waals surface area contributed by atoms with Crippen molar-refractivity contribution in [2.45, 2.75) is 12.7 Å². The van der Waals surface area contributed by atoms with E-state index in [1.807, 2.05) is 6.07 Å². The molecule has 0 aliphatic carbocycles. The number of hydrogen-bond acceptors (Lipinski definition) is 3. The smallest absolute Gasteiger partial charge is 0.251 e. The van der Waals surface area contributed by atoms with Gasteiger partial charge in [-0.2, -0.15) is 0 Å². The number of rotatable bonds is 6. The lowest BCUT2D eigenvalue weighted by molar-refractivity contribution is 0.0916. The normalized spacial score (nSPS) is 12.0. The molecule has 0 saturated carbocycles. The Morgan fingerprint density at radius 2 is 2.05 bits per heavy atom. The van der Waals surface area contributed by atoms with Crippen LogP contribution in [-0.4, -0.2) is 24.7 Å². The van der Waals surface area contributed by atoms with E-state index < -0.39 is 6.10 Å². The average molecular weight is 320 g/mol. The van der Waals surface area contributed by atoms with Gasteiger partial charge in [-0.3, -0.25) is 4.79 Å². The van der Waals surface area contributed by atoms with E-state index in [0.717, 1.165) is 5.56 Å². The molecule has 2 aromatic rings. The third-order valence-corrected chi connectivity index (χ3v) is 3.56. The van der Waals surface area contributed by atoms with E-state index in [-0.39, 0.29) is 12.5 Å². The average Bonchev–Trinajstić information content (AvgIpc) is 2.53. The number of methoxy groups -OCH3 is 1. The molecule has 1 atom stereocenters. The van der Waals surface area contributed by atoms with Crippen molar-refractivity contribution in [1.82, 2.24) is 5.32 Å². The predicted octanol–water partition coefficient (Wildman–Crippen LogP) is 2.95. The lowest BCUT2D eigenvalue weighted by Gasteiger charge is -2.14. The topological polar surface area (TPSA) is 58.6 Å². The van der Waals surface area contributed by atoms with Gasteiger partial charge in [0, 0.05) is 29.8 Å². The minimum Gasteiger partial charge on any atom is -0.387 e. The SMILES string of the molecule is COCc1cccc(C(=O)NCC(O)c2ccccc2Cl)c1. The first-order valence-corrected chi connectivity index (χ1v) is 7.28. The molecule has 1 unspecified atom stereocenters. The van der Waals surface area contributed by atoms with E-state index in [1.54, 1.807) is 49.6 Å². The number of aliphatic hydroxyl groups excluding tert-OH is 1. The van der Waals surface area contributed by atoms with E-state index in [0.29, 0.717) is 22.8 Å². The summed E-state index contributed by atoms with van der Waals surface area (Å²) in [6.07, 6.45) is -0.847. The highest BCUT2D eigenvalue weighted by Gasteiger charge is 2.13. The van der Waals surface area contributed by atoms with Crippen molar-refractivity contribution < 1.29 is 14.6 Å². The minimum absolute atomic E-state index is 0.0943. The fourth-order valence-corrected chi connectivity index (χ4v) is 2.38. The number of nitrogens with one attached hydrogen (secondary N) is 1. The van der Waals surface area contributed by atoms with Crippen LogP contribution in [0.15, 0.2) is 48.5 Å². The molecule has 2 rings (SSSR count). The zero-order chi connectivity index (χ0) is 15.9. The maximum atomic E-state index is 12.1. The van der Waals surface area contributed by atoms with E-state index in [1.165, 1.54) is 0 Å². The van der Waals surface area contributed by atoms with E-state index in [2.05, 4.69) is 5.32 Å². The van der Waals surface area contributed by atoms with Crippen LogP contribution in [0.2, 0.25) is 5.02 Å². The van der Waals surface area contributed by atoms with Crippen LogP contribution in [0.25, 0.3) is 0 Å². The van der Waals surface area contributed by atoms with Crippen LogP contribution in [0, 0.1) is 0 Å². The second-order valence-corrected chi connectivity index (χ2v) is 5.29. The van der Waals surface area contributed by atoms with Crippen molar-refractivity contribution in [3.05, 3.63) is 70.2 Å². The zero-order valence-corrected chi connectivity index (χ0v) is 13.0. The zero-order valence-electron chi connectivity index (χ0n) is 12.3. The van der Waals surface area contributed by atoms with Crippen molar-refractivity contribution in [2.75, 3.05) is 13.7 Å². The first kappa shape index (κ1) is 16.5. The summed E-state index contributed by atoms with van der Waals surface area (Å²) in [4.78, 5) is 12.1. The number of aliphatic hydroxyl groups is 1. The second-order valence-electron chi connectivity index (χ2n) is 4.88. The number of benzene rings is 2. The molecular weight excluding hydrogens is 302 g/mol. The van der Waals surface area contributed by atoms with Crippen molar-refractivity contribution in [3.63, 3.8) is 0 Å². The molecule has 2 aromatic carbocycles. The lowest BCUT2D eigenvalue weighted by Crippen LogP contribution is -2.28. The summed E-state index contributed by atoms with van der Waals surface area (Å²) in [5.41, 5.74) is 2.04. The maximum Gasteiger partial charge on any atom is 0.251 e.